The number of nitro groups is 1. The zero-order valence-corrected chi connectivity index (χ0v) is 37.0. The summed E-state index contributed by atoms with van der Waals surface area (Å²) in [6.45, 7) is 7.42. The first-order valence-electron chi connectivity index (χ1n) is 21.1. The van der Waals surface area contributed by atoms with Crippen molar-refractivity contribution >= 4 is 34.7 Å². The third kappa shape index (κ3) is 10.6. The van der Waals surface area contributed by atoms with Crippen molar-refractivity contribution in [1.82, 2.24) is 39.2 Å². The van der Waals surface area contributed by atoms with Gasteiger partial charge in [0.15, 0.2) is 28.5 Å². The SMILES string of the molecule is Cc1nc2ccc(-c3ccccc3OC[C@H](O)CO)nn2c1C(=O)Nc1ccncn1.Cc1nc2ccc(-c3ccccc3OC[C@H]3COC(C)(C)O3)nn2c1C(=O)Oc1ccc([N+](=O)[O-])cc1. The molecule has 3 N–H and O–H groups in total. The molecule has 5 aromatic heterocycles. The van der Waals surface area contributed by atoms with Gasteiger partial charge < -0.3 is 39.2 Å². The highest BCUT2D eigenvalue weighted by atomic mass is 16.7. The maximum absolute atomic E-state index is 13.0. The number of aliphatic hydroxyl groups is 2. The van der Waals surface area contributed by atoms with E-state index in [1.54, 1.807) is 56.3 Å². The molecular weight excluding hydrogens is 881 g/mol. The highest BCUT2D eigenvalue weighted by Gasteiger charge is 2.33. The van der Waals surface area contributed by atoms with Gasteiger partial charge in [-0.3, -0.25) is 14.9 Å². The summed E-state index contributed by atoms with van der Waals surface area (Å²) in [5, 5.41) is 41.5. The van der Waals surface area contributed by atoms with Crippen molar-refractivity contribution in [1.29, 1.82) is 0 Å². The van der Waals surface area contributed by atoms with E-state index in [1.165, 1.54) is 45.8 Å². The molecular formula is C47H44N10O11. The Labute approximate surface area is 387 Å². The minimum absolute atomic E-state index is 0.0630. The number of aliphatic hydroxyl groups excluding tert-OH is 2. The molecule has 1 aliphatic rings. The Bertz CT molecular complexity index is 3110. The van der Waals surface area contributed by atoms with Crippen molar-refractivity contribution in [3.8, 4) is 39.8 Å². The van der Waals surface area contributed by atoms with E-state index < -0.39 is 35.3 Å². The monoisotopic (exact) mass is 924 g/mol. The first-order chi connectivity index (χ1) is 32.8. The summed E-state index contributed by atoms with van der Waals surface area (Å²) in [5.41, 5.74) is 4.77. The van der Waals surface area contributed by atoms with Gasteiger partial charge in [-0.2, -0.15) is 10.2 Å². The molecule has 3 aromatic carbocycles. The van der Waals surface area contributed by atoms with Crippen LogP contribution in [0.25, 0.3) is 33.8 Å². The van der Waals surface area contributed by atoms with Crippen molar-refractivity contribution < 1.29 is 48.4 Å². The minimum Gasteiger partial charge on any atom is -0.490 e. The number of nitrogens with zero attached hydrogens (tertiary/aromatic N) is 9. The lowest BCUT2D eigenvalue weighted by Crippen LogP contribution is -2.25. The molecule has 21 heteroatoms. The number of benzene rings is 3. The number of anilines is 1. The van der Waals surface area contributed by atoms with Crippen LogP contribution in [0.4, 0.5) is 11.5 Å². The van der Waals surface area contributed by atoms with Gasteiger partial charge >= 0.3 is 5.97 Å². The third-order valence-electron chi connectivity index (χ3n) is 10.3. The van der Waals surface area contributed by atoms with Crippen molar-refractivity contribution in [2.75, 3.05) is 31.7 Å². The van der Waals surface area contributed by atoms with E-state index in [0.717, 1.165) is 5.56 Å². The van der Waals surface area contributed by atoms with Crippen LogP contribution >= 0.6 is 0 Å². The maximum Gasteiger partial charge on any atom is 0.364 e. The lowest BCUT2D eigenvalue weighted by Gasteiger charge is -2.18. The van der Waals surface area contributed by atoms with Gasteiger partial charge in [-0.15, -0.1) is 0 Å². The van der Waals surface area contributed by atoms with Crippen LogP contribution in [0, 0.1) is 24.0 Å². The van der Waals surface area contributed by atoms with Crippen LogP contribution in [0.5, 0.6) is 17.2 Å². The highest BCUT2D eigenvalue weighted by Crippen LogP contribution is 2.32. The molecule has 9 rings (SSSR count). The number of rotatable bonds is 14. The summed E-state index contributed by atoms with van der Waals surface area (Å²) in [5.74, 6) is -0.0928. The van der Waals surface area contributed by atoms with Crippen molar-refractivity contribution in [3.05, 3.63) is 149 Å². The molecule has 21 nitrogen and oxygen atoms in total. The fourth-order valence-electron chi connectivity index (χ4n) is 7.08. The number of aromatic nitrogens is 8. The fourth-order valence-corrected chi connectivity index (χ4v) is 7.08. The summed E-state index contributed by atoms with van der Waals surface area (Å²) in [6, 6.07) is 28.6. The number of aryl methyl sites for hydroxylation is 2. The first-order valence-corrected chi connectivity index (χ1v) is 21.1. The normalized spacial score (nSPS) is 14.5. The Balaban J connectivity index is 0.000000187. The summed E-state index contributed by atoms with van der Waals surface area (Å²) < 4.78 is 31.5. The fraction of sp³-hybridized carbons (Fsp3) is 0.234. The Hall–Kier alpha value is -8.24. The van der Waals surface area contributed by atoms with Gasteiger partial charge in [-0.25, -0.2) is 33.8 Å². The molecule has 0 unspecified atom stereocenters. The van der Waals surface area contributed by atoms with Crippen LogP contribution in [0.15, 0.2) is 116 Å². The molecule has 68 heavy (non-hydrogen) atoms. The maximum atomic E-state index is 13.0. The van der Waals surface area contributed by atoms with Crippen molar-refractivity contribution in [2.24, 2.45) is 0 Å². The number of ether oxygens (including phenoxy) is 5. The molecule has 6 heterocycles. The number of esters is 1. The number of nitro benzene ring substituents is 1. The van der Waals surface area contributed by atoms with Crippen LogP contribution in [0.1, 0.15) is 46.2 Å². The second kappa shape index (κ2) is 20.1. The van der Waals surface area contributed by atoms with Gasteiger partial charge in [-0.1, -0.05) is 24.3 Å². The average molecular weight is 925 g/mol. The predicted molar refractivity (Wildman–Crippen MR) is 243 cm³/mol. The third-order valence-corrected chi connectivity index (χ3v) is 10.3. The predicted octanol–water partition coefficient (Wildman–Crippen LogP) is 5.84. The van der Waals surface area contributed by atoms with E-state index in [9.17, 15) is 24.8 Å². The second-order valence-electron chi connectivity index (χ2n) is 15.7. The molecule has 0 spiro atoms. The number of carbonyl (C=O) groups is 2. The Morgan fingerprint density at radius 1 is 0.853 bits per heavy atom. The van der Waals surface area contributed by atoms with Crippen LogP contribution < -0.4 is 19.5 Å². The number of hydrogen-bond acceptors (Lipinski definition) is 17. The van der Waals surface area contributed by atoms with Crippen LogP contribution in [-0.4, -0.2) is 111 Å². The number of para-hydroxylation sites is 2. The van der Waals surface area contributed by atoms with E-state index in [1.807, 2.05) is 50.2 Å². The second-order valence-corrected chi connectivity index (χ2v) is 15.7. The van der Waals surface area contributed by atoms with E-state index in [4.69, 9.17) is 28.8 Å². The average Bonchev–Trinajstić information content (AvgIpc) is 3.99. The molecule has 0 aliphatic carbocycles. The van der Waals surface area contributed by atoms with Gasteiger partial charge in [-0.05, 0) is 94.4 Å². The topological polar surface area (TPSA) is 262 Å². The Kier molecular flexibility index (Phi) is 13.7. The summed E-state index contributed by atoms with van der Waals surface area (Å²) in [7, 11) is 0. The van der Waals surface area contributed by atoms with Gasteiger partial charge in [0.2, 0.25) is 0 Å². The number of hydrogen-bond donors (Lipinski definition) is 3. The Morgan fingerprint density at radius 3 is 2.03 bits per heavy atom. The van der Waals surface area contributed by atoms with E-state index in [-0.39, 0.29) is 35.5 Å². The summed E-state index contributed by atoms with van der Waals surface area (Å²) in [6.07, 6.45) is 1.69. The molecule has 8 aromatic rings. The molecule has 0 bridgehead atoms. The molecule has 1 saturated heterocycles. The Morgan fingerprint density at radius 2 is 1.46 bits per heavy atom. The summed E-state index contributed by atoms with van der Waals surface area (Å²) in [4.78, 5) is 53.0. The minimum atomic E-state index is -0.989. The van der Waals surface area contributed by atoms with Gasteiger partial charge in [0.25, 0.3) is 11.6 Å². The molecule has 1 amide bonds. The largest absolute Gasteiger partial charge is 0.490 e. The number of carbonyl (C=O) groups excluding carboxylic acids is 2. The molecule has 348 valence electrons. The molecule has 0 radical (unpaired) electrons. The van der Waals surface area contributed by atoms with E-state index >= 15 is 0 Å². The van der Waals surface area contributed by atoms with E-state index in [0.29, 0.717) is 70.2 Å². The van der Waals surface area contributed by atoms with Crippen LogP contribution in [-0.2, 0) is 9.47 Å². The summed E-state index contributed by atoms with van der Waals surface area (Å²) >= 11 is 0. The van der Waals surface area contributed by atoms with Gasteiger partial charge in [0.1, 0.15) is 54.8 Å². The standard InChI is InChI=1S/C26H24N4O7.C21H20N6O4/c1-16-24(25(31)36-18-10-8-17(9-11-18)30(32)33)29-23(27-16)13-12-21(28-29)20-6-4-5-7-22(20)34-14-19-15-35-26(2,3)37-19;1-13-20(21(30)25-18-8-9-22-12-23-18)27-19(24-13)7-6-16(26-27)15-4-2-3-5-17(15)31-11-14(29)10-28/h4-13,19H,14-15H2,1-3H3;2-9,12,14,28-29H,10-11H2,1H3,(H,22,23,25,30)/t19-;14-/m01/s1. The number of non-ortho nitro benzene ring substituents is 1. The number of fused-ring (bicyclic) bond motifs is 2. The highest BCUT2D eigenvalue weighted by molar-refractivity contribution is 6.03. The molecule has 1 aliphatic heterocycles. The molecule has 0 saturated carbocycles. The van der Waals surface area contributed by atoms with Crippen molar-refractivity contribution in [3.63, 3.8) is 0 Å². The molecule has 2 atom stereocenters. The first kappa shape index (κ1) is 46.3. The number of nitrogens with one attached hydrogen (secondary N) is 1. The lowest BCUT2D eigenvalue weighted by atomic mass is 10.1. The van der Waals surface area contributed by atoms with Crippen LogP contribution in [0.2, 0.25) is 0 Å². The van der Waals surface area contributed by atoms with E-state index in [2.05, 4.69) is 35.5 Å². The van der Waals surface area contributed by atoms with Crippen LogP contribution in [0.3, 0.4) is 0 Å². The quantitative estimate of drug-likeness (QED) is 0.0500. The number of amides is 1. The zero-order valence-electron chi connectivity index (χ0n) is 37.0. The van der Waals surface area contributed by atoms with Gasteiger partial charge in [0, 0.05) is 29.5 Å². The van der Waals surface area contributed by atoms with Gasteiger partial charge in [0.05, 0.1) is 40.9 Å². The number of imidazole rings is 2. The smallest absolute Gasteiger partial charge is 0.364 e. The zero-order chi connectivity index (χ0) is 48.0. The molecule has 1 fully saturated rings. The van der Waals surface area contributed by atoms with Crippen molar-refractivity contribution in [2.45, 2.75) is 45.7 Å². The lowest BCUT2D eigenvalue weighted by molar-refractivity contribution is -0.384.